The van der Waals surface area contributed by atoms with Crippen molar-refractivity contribution in [1.29, 1.82) is 0 Å². The van der Waals surface area contributed by atoms with Crippen LogP contribution in [-0.4, -0.2) is 60.1 Å². The van der Waals surface area contributed by atoms with Crippen molar-refractivity contribution >= 4 is 35.2 Å². The summed E-state index contributed by atoms with van der Waals surface area (Å²) >= 11 is 1.59. The number of phenols is 1. The van der Waals surface area contributed by atoms with Gasteiger partial charge in [0.05, 0.1) is 24.7 Å². The van der Waals surface area contributed by atoms with E-state index >= 15 is 0 Å². The van der Waals surface area contributed by atoms with Crippen LogP contribution in [0.15, 0.2) is 34.7 Å². The number of nitro benzene ring substituents is 1. The molecule has 0 saturated heterocycles. The van der Waals surface area contributed by atoms with Gasteiger partial charge in [-0.1, -0.05) is 13.8 Å². The van der Waals surface area contributed by atoms with Crippen molar-refractivity contribution in [2.24, 2.45) is 11.8 Å². The Bertz CT molecular complexity index is 1190. The number of carbonyl (C=O) groups is 3. The number of ketones is 1. The van der Waals surface area contributed by atoms with Gasteiger partial charge in [0, 0.05) is 34.7 Å². The molecule has 200 valence electrons. The Kier molecular flexibility index (Phi) is 8.85. The van der Waals surface area contributed by atoms with Crippen molar-refractivity contribution in [2.75, 3.05) is 32.3 Å². The molecule has 2 aliphatic rings. The van der Waals surface area contributed by atoms with Crippen molar-refractivity contribution < 1.29 is 38.6 Å². The second-order valence-corrected chi connectivity index (χ2v) is 10.1. The molecule has 1 aromatic carbocycles. The molecule has 37 heavy (non-hydrogen) atoms. The van der Waals surface area contributed by atoms with E-state index in [9.17, 15) is 29.6 Å². The number of allylic oxidation sites excluding steroid dienone is 3. The molecule has 0 saturated carbocycles. The summed E-state index contributed by atoms with van der Waals surface area (Å²) in [5.41, 5.74) is 0.637. The number of esters is 2. The van der Waals surface area contributed by atoms with Crippen LogP contribution in [0.2, 0.25) is 0 Å². The standard InChI is InChI=1S/C25H30N2O9S/c1-6-37-8-7-36-25(31)19-13(3)26-15-9-12(2)18(24(30)35-5)23(29)21(15)20(19)14-10-16(27(32)33)22(28)17(11-14)34-4/h10-12,18,20,26,28H,6-9H2,1-5H3/t12-,18+,20-/m0/s1. The SMILES string of the molecule is CCSCCOC(=O)C1=C(C)NC2=C(C(=O)[C@H](C(=O)OC)[C@@H](C)C2)[C@H]1c1cc(OC)c(O)c([N+](=O)[O-])c1. The van der Waals surface area contributed by atoms with Crippen molar-refractivity contribution in [3.8, 4) is 11.5 Å². The molecule has 2 N–H and O–H groups in total. The molecule has 0 bridgehead atoms. The molecule has 3 rings (SSSR count). The third-order valence-corrected chi connectivity index (χ3v) is 7.32. The van der Waals surface area contributed by atoms with Crippen LogP contribution in [0, 0.1) is 22.0 Å². The van der Waals surface area contributed by atoms with Gasteiger partial charge in [-0.05, 0) is 36.6 Å². The summed E-state index contributed by atoms with van der Waals surface area (Å²) in [6.45, 7) is 5.51. The number of phenolic OH excluding ortho intramolecular Hbond substituents is 1. The highest BCUT2D eigenvalue weighted by molar-refractivity contribution is 7.99. The Balaban J connectivity index is 2.22. The van der Waals surface area contributed by atoms with Crippen molar-refractivity contribution in [2.45, 2.75) is 33.1 Å². The van der Waals surface area contributed by atoms with E-state index in [2.05, 4.69) is 5.32 Å². The van der Waals surface area contributed by atoms with Gasteiger partial charge < -0.3 is 24.6 Å². The maximum atomic E-state index is 13.8. The Morgan fingerprint density at radius 1 is 1.30 bits per heavy atom. The lowest BCUT2D eigenvalue weighted by Crippen LogP contribution is -2.43. The quantitative estimate of drug-likeness (QED) is 0.158. The number of nitro groups is 1. The first-order valence-corrected chi connectivity index (χ1v) is 12.9. The molecule has 1 heterocycles. The average molecular weight is 535 g/mol. The third kappa shape index (κ3) is 5.43. The van der Waals surface area contributed by atoms with E-state index in [4.69, 9.17) is 14.2 Å². The molecular formula is C25H30N2O9S. The third-order valence-electron chi connectivity index (χ3n) is 6.46. The van der Waals surface area contributed by atoms with Crippen LogP contribution in [0.1, 0.15) is 38.7 Å². The van der Waals surface area contributed by atoms with Crippen molar-refractivity contribution in [3.05, 3.63) is 50.4 Å². The summed E-state index contributed by atoms with van der Waals surface area (Å²) in [4.78, 5) is 50.6. The highest BCUT2D eigenvalue weighted by atomic mass is 32.2. The summed E-state index contributed by atoms with van der Waals surface area (Å²) in [6.07, 6.45) is 0.307. The Morgan fingerprint density at radius 2 is 2.00 bits per heavy atom. The van der Waals surface area contributed by atoms with E-state index in [1.54, 1.807) is 25.6 Å². The summed E-state index contributed by atoms with van der Waals surface area (Å²) in [7, 11) is 2.43. The van der Waals surface area contributed by atoms with Crippen LogP contribution in [0.3, 0.4) is 0 Å². The van der Waals surface area contributed by atoms with Crippen LogP contribution < -0.4 is 10.1 Å². The van der Waals surface area contributed by atoms with E-state index in [-0.39, 0.29) is 35.0 Å². The van der Waals surface area contributed by atoms with E-state index in [0.29, 0.717) is 23.6 Å². The summed E-state index contributed by atoms with van der Waals surface area (Å²) in [5, 5.41) is 25.2. The molecule has 11 nitrogen and oxygen atoms in total. The van der Waals surface area contributed by atoms with Crippen LogP contribution >= 0.6 is 11.8 Å². The molecule has 1 aromatic rings. The number of hydrogen-bond acceptors (Lipinski definition) is 11. The Hall–Kier alpha value is -3.54. The zero-order valence-corrected chi connectivity index (χ0v) is 22.1. The smallest absolute Gasteiger partial charge is 0.336 e. The molecule has 0 unspecified atom stereocenters. The number of nitrogens with one attached hydrogen (secondary N) is 1. The van der Waals surface area contributed by atoms with Gasteiger partial charge in [0.2, 0.25) is 5.75 Å². The molecule has 0 aromatic heterocycles. The van der Waals surface area contributed by atoms with Gasteiger partial charge in [-0.2, -0.15) is 11.8 Å². The molecular weight excluding hydrogens is 504 g/mol. The fraction of sp³-hybridized carbons (Fsp3) is 0.480. The van der Waals surface area contributed by atoms with Crippen LogP contribution in [0.5, 0.6) is 11.5 Å². The fourth-order valence-electron chi connectivity index (χ4n) is 4.78. The van der Waals surface area contributed by atoms with Crippen LogP contribution in [0.25, 0.3) is 0 Å². The lowest BCUT2D eigenvalue weighted by Gasteiger charge is -2.38. The molecule has 3 atom stereocenters. The predicted molar refractivity (Wildman–Crippen MR) is 135 cm³/mol. The summed E-state index contributed by atoms with van der Waals surface area (Å²) in [5.74, 6) is -4.03. The number of ether oxygens (including phenoxy) is 3. The Morgan fingerprint density at radius 3 is 2.59 bits per heavy atom. The number of carbonyl (C=O) groups excluding carboxylic acids is 3. The largest absolute Gasteiger partial charge is 0.500 e. The van der Waals surface area contributed by atoms with Gasteiger partial charge in [0.1, 0.15) is 12.5 Å². The molecule has 1 aliphatic heterocycles. The lowest BCUT2D eigenvalue weighted by molar-refractivity contribution is -0.386. The van der Waals surface area contributed by atoms with Gasteiger partial charge in [-0.3, -0.25) is 19.7 Å². The fourth-order valence-corrected chi connectivity index (χ4v) is 5.26. The normalized spacial score (nSPS) is 21.2. The average Bonchev–Trinajstić information content (AvgIpc) is 2.85. The van der Waals surface area contributed by atoms with Gasteiger partial charge in [-0.15, -0.1) is 0 Å². The number of aromatic hydroxyl groups is 1. The molecule has 0 radical (unpaired) electrons. The number of hydrogen-bond donors (Lipinski definition) is 2. The number of thioether (sulfide) groups is 1. The minimum atomic E-state index is -1.11. The second-order valence-electron chi connectivity index (χ2n) is 8.72. The number of methoxy groups -OCH3 is 2. The molecule has 1 aliphatic carbocycles. The van der Waals surface area contributed by atoms with Crippen LogP contribution in [-0.2, 0) is 23.9 Å². The van der Waals surface area contributed by atoms with E-state index in [0.717, 1.165) is 11.8 Å². The van der Waals surface area contributed by atoms with Gasteiger partial charge >= 0.3 is 17.6 Å². The van der Waals surface area contributed by atoms with Crippen molar-refractivity contribution in [3.63, 3.8) is 0 Å². The lowest BCUT2D eigenvalue weighted by atomic mass is 9.69. The molecule has 0 amide bonds. The molecule has 0 fully saturated rings. The molecule has 0 spiro atoms. The monoisotopic (exact) mass is 534 g/mol. The topological polar surface area (TPSA) is 154 Å². The highest BCUT2D eigenvalue weighted by Crippen LogP contribution is 2.48. The van der Waals surface area contributed by atoms with E-state index < -0.39 is 45.9 Å². The van der Waals surface area contributed by atoms with Gasteiger partial charge in [-0.25, -0.2) is 4.79 Å². The first kappa shape index (κ1) is 28.0. The summed E-state index contributed by atoms with van der Waals surface area (Å²) in [6, 6.07) is 2.44. The highest BCUT2D eigenvalue weighted by Gasteiger charge is 2.47. The predicted octanol–water partition coefficient (Wildman–Crippen LogP) is 3.22. The van der Waals surface area contributed by atoms with E-state index in [1.165, 1.54) is 20.3 Å². The Labute approximate surface area is 218 Å². The number of dihydropyridines is 1. The number of Topliss-reactive ketones (excluding diaryl/α,β-unsaturated/α-hetero) is 1. The summed E-state index contributed by atoms with van der Waals surface area (Å²) < 4.78 is 15.5. The van der Waals surface area contributed by atoms with Gasteiger partial charge in [0.25, 0.3) is 0 Å². The second kappa shape index (κ2) is 11.7. The first-order valence-electron chi connectivity index (χ1n) is 11.7. The minimum Gasteiger partial charge on any atom is -0.500 e. The number of benzene rings is 1. The zero-order chi connectivity index (χ0) is 27.4. The van der Waals surface area contributed by atoms with E-state index in [1.807, 2.05) is 6.92 Å². The van der Waals surface area contributed by atoms with Crippen LogP contribution in [0.4, 0.5) is 5.69 Å². The first-order chi connectivity index (χ1) is 17.6. The maximum absolute atomic E-state index is 13.8. The van der Waals surface area contributed by atoms with Crippen molar-refractivity contribution in [1.82, 2.24) is 5.32 Å². The zero-order valence-electron chi connectivity index (χ0n) is 21.3. The minimum absolute atomic E-state index is 0.0776. The van der Waals surface area contributed by atoms with Gasteiger partial charge in [0.15, 0.2) is 11.5 Å². The molecule has 12 heteroatoms. The number of rotatable bonds is 9. The number of nitrogens with zero attached hydrogens (tertiary/aromatic N) is 1. The maximum Gasteiger partial charge on any atom is 0.336 e.